The zero-order valence-corrected chi connectivity index (χ0v) is 16.7. The van der Waals surface area contributed by atoms with Gasteiger partial charge in [-0.25, -0.2) is 4.79 Å². The smallest absolute Gasteiger partial charge is 0.336 e. The maximum Gasteiger partial charge on any atom is 0.336 e. The van der Waals surface area contributed by atoms with Crippen LogP contribution in [0.4, 0.5) is 0 Å². The fourth-order valence-corrected chi connectivity index (χ4v) is 3.06. The molecule has 29 heavy (non-hydrogen) atoms. The zero-order valence-electron chi connectivity index (χ0n) is 16.7. The highest BCUT2D eigenvalue weighted by molar-refractivity contribution is 5.88. The molecule has 3 heteroatoms. The molecule has 0 aliphatic rings. The lowest BCUT2D eigenvalue weighted by atomic mass is 10.0. The third-order valence-corrected chi connectivity index (χ3v) is 4.73. The maximum absolute atomic E-state index is 12.0. The highest BCUT2D eigenvalue weighted by Crippen LogP contribution is 2.23. The SMILES string of the molecule is CCCCCc1ccc(-c2ccc(OC(=O)/C=C\c3ccc(O)cc3)cc2)cc1. The molecule has 3 aromatic carbocycles. The van der Waals surface area contributed by atoms with E-state index in [1.165, 1.54) is 30.9 Å². The van der Waals surface area contributed by atoms with Gasteiger partial charge in [0.25, 0.3) is 0 Å². The summed E-state index contributed by atoms with van der Waals surface area (Å²) >= 11 is 0. The third-order valence-electron chi connectivity index (χ3n) is 4.73. The van der Waals surface area contributed by atoms with Gasteiger partial charge in [-0.3, -0.25) is 0 Å². The fourth-order valence-electron chi connectivity index (χ4n) is 3.06. The molecule has 0 saturated carbocycles. The van der Waals surface area contributed by atoms with Gasteiger partial charge in [-0.1, -0.05) is 68.3 Å². The van der Waals surface area contributed by atoms with Crippen molar-refractivity contribution in [1.29, 1.82) is 0 Å². The highest BCUT2D eigenvalue weighted by Gasteiger charge is 2.03. The molecule has 0 aliphatic carbocycles. The van der Waals surface area contributed by atoms with Gasteiger partial charge in [0.05, 0.1) is 0 Å². The predicted octanol–water partition coefficient (Wildman–Crippen LogP) is 6.41. The molecule has 0 amide bonds. The number of phenolic OH excluding ortho intramolecular Hbond substituents is 1. The van der Waals surface area contributed by atoms with Crippen LogP contribution in [-0.4, -0.2) is 11.1 Å². The van der Waals surface area contributed by atoms with Crippen molar-refractivity contribution in [3.05, 3.63) is 90.0 Å². The van der Waals surface area contributed by atoms with Crippen molar-refractivity contribution in [2.75, 3.05) is 0 Å². The Bertz CT molecular complexity index is 937. The first-order valence-corrected chi connectivity index (χ1v) is 10.0. The number of hydrogen-bond donors (Lipinski definition) is 1. The normalized spacial score (nSPS) is 10.9. The minimum atomic E-state index is -0.442. The van der Waals surface area contributed by atoms with E-state index in [9.17, 15) is 9.90 Å². The van der Waals surface area contributed by atoms with Gasteiger partial charge in [0.15, 0.2) is 0 Å². The number of ether oxygens (including phenoxy) is 1. The number of aryl methyl sites for hydroxylation is 1. The lowest BCUT2D eigenvalue weighted by Crippen LogP contribution is -2.03. The lowest BCUT2D eigenvalue weighted by Gasteiger charge is -2.06. The summed E-state index contributed by atoms with van der Waals surface area (Å²) in [7, 11) is 0. The van der Waals surface area contributed by atoms with Gasteiger partial charge in [-0.05, 0) is 65.4 Å². The van der Waals surface area contributed by atoms with E-state index in [0.29, 0.717) is 5.75 Å². The molecule has 148 valence electrons. The number of esters is 1. The molecular weight excluding hydrogens is 360 g/mol. The first-order valence-electron chi connectivity index (χ1n) is 10.0. The second-order valence-electron chi connectivity index (χ2n) is 7.02. The Labute approximate surface area is 172 Å². The summed E-state index contributed by atoms with van der Waals surface area (Å²) in [5.74, 6) is 0.253. The van der Waals surface area contributed by atoms with E-state index in [-0.39, 0.29) is 5.75 Å². The van der Waals surface area contributed by atoms with E-state index < -0.39 is 5.97 Å². The highest BCUT2D eigenvalue weighted by atomic mass is 16.5. The van der Waals surface area contributed by atoms with Crippen LogP contribution in [0.15, 0.2) is 78.9 Å². The Morgan fingerprint density at radius 1 is 0.862 bits per heavy atom. The van der Waals surface area contributed by atoms with Crippen molar-refractivity contribution >= 4 is 12.0 Å². The molecule has 0 aromatic heterocycles. The molecule has 0 heterocycles. The zero-order chi connectivity index (χ0) is 20.5. The van der Waals surface area contributed by atoms with Crippen molar-refractivity contribution < 1.29 is 14.6 Å². The number of phenols is 1. The molecule has 1 N–H and O–H groups in total. The fraction of sp³-hybridized carbons (Fsp3) is 0.192. The monoisotopic (exact) mass is 386 g/mol. The van der Waals surface area contributed by atoms with E-state index in [2.05, 4.69) is 31.2 Å². The van der Waals surface area contributed by atoms with Crippen LogP contribution in [0.2, 0.25) is 0 Å². The first-order chi connectivity index (χ1) is 14.1. The molecule has 0 unspecified atom stereocenters. The summed E-state index contributed by atoms with van der Waals surface area (Å²) in [6.45, 7) is 2.22. The van der Waals surface area contributed by atoms with Crippen molar-refractivity contribution in [3.63, 3.8) is 0 Å². The van der Waals surface area contributed by atoms with Gasteiger partial charge >= 0.3 is 5.97 Å². The lowest BCUT2D eigenvalue weighted by molar-refractivity contribution is -0.128. The Hall–Kier alpha value is -3.33. The van der Waals surface area contributed by atoms with Crippen LogP contribution < -0.4 is 4.74 Å². The summed E-state index contributed by atoms with van der Waals surface area (Å²) < 4.78 is 5.35. The molecule has 0 spiro atoms. The number of carbonyl (C=O) groups is 1. The van der Waals surface area contributed by atoms with Gasteiger partial charge in [-0.15, -0.1) is 0 Å². The van der Waals surface area contributed by atoms with Crippen LogP contribution in [0, 0.1) is 0 Å². The molecular formula is C26H26O3. The number of unbranched alkanes of at least 4 members (excludes halogenated alkanes) is 2. The Morgan fingerprint density at radius 3 is 2.10 bits per heavy atom. The second-order valence-corrected chi connectivity index (χ2v) is 7.02. The van der Waals surface area contributed by atoms with Crippen molar-refractivity contribution in [2.24, 2.45) is 0 Å². The first kappa shape index (κ1) is 20.4. The van der Waals surface area contributed by atoms with E-state index in [1.54, 1.807) is 42.5 Å². The minimum absolute atomic E-state index is 0.191. The van der Waals surface area contributed by atoms with Crippen LogP contribution in [0.25, 0.3) is 17.2 Å². The Kier molecular flexibility index (Phi) is 7.23. The molecule has 0 atom stereocenters. The molecule has 3 rings (SSSR count). The standard InChI is InChI=1S/C26H26O3/c1-2-3-4-5-20-6-11-22(12-7-20)23-13-17-25(18-14-23)29-26(28)19-10-21-8-15-24(27)16-9-21/h6-19,27H,2-5H2,1H3/b19-10-. The van der Waals surface area contributed by atoms with Gasteiger partial charge in [-0.2, -0.15) is 0 Å². The summed E-state index contributed by atoms with van der Waals surface area (Å²) in [4.78, 5) is 12.0. The maximum atomic E-state index is 12.0. The van der Waals surface area contributed by atoms with E-state index in [1.807, 2.05) is 12.1 Å². The molecule has 0 saturated heterocycles. The third kappa shape index (κ3) is 6.35. The van der Waals surface area contributed by atoms with Crippen molar-refractivity contribution in [3.8, 4) is 22.6 Å². The van der Waals surface area contributed by atoms with Gasteiger partial charge in [0.2, 0.25) is 0 Å². The van der Waals surface area contributed by atoms with Crippen LogP contribution in [0.5, 0.6) is 11.5 Å². The summed E-state index contributed by atoms with van der Waals surface area (Å²) in [5.41, 5.74) is 4.42. The van der Waals surface area contributed by atoms with Crippen LogP contribution in [0.3, 0.4) is 0 Å². The second kappa shape index (κ2) is 10.3. The van der Waals surface area contributed by atoms with E-state index in [4.69, 9.17) is 4.74 Å². The largest absolute Gasteiger partial charge is 0.508 e. The van der Waals surface area contributed by atoms with Gasteiger partial charge in [0.1, 0.15) is 11.5 Å². The number of carbonyl (C=O) groups excluding carboxylic acids is 1. The number of rotatable bonds is 8. The Balaban J connectivity index is 1.56. The van der Waals surface area contributed by atoms with Crippen LogP contribution >= 0.6 is 0 Å². The summed E-state index contributed by atoms with van der Waals surface area (Å²) in [6.07, 6.45) is 7.89. The number of aromatic hydroxyl groups is 1. The summed E-state index contributed by atoms with van der Waals surface area (Å²) in [6, 6.07) is 22.8. The van der Waals surface area contributed by atoms with Crippen LogP contribution in [0.1, 0.15) is 37.3 Å². The molecule has 3 nitrogen and oxygen atoms in total. The predicted molar refractivity (Wildman–Crippen MR) is 118 cm³/mol. The van der Waals surface area contributed by atoms with E-state index in [0.717, 1.165) is 23.1 Å². The molecule has 0 fully saturated rings. The molecule has 0 bridgehead atoms. The van der Waals surface area contributed by atoms with Gasteiger partial charge < -0.3 is 9.84 Å². The minimum Gasteiger partial charge on any atom is -0.508 e. The van der Waals surface area contributed by atoms with Crippen LogP contribution in [-0.2, 0) is 11.2 Å². The Morgan fingerprint density at radius 2 is 1.48 bits per heavy atom. The quantitative estimate of drug-likeness (QED) is 0.211. The number of benzene rings is 3. The average Bonchev–Trinajstić information content (AvgIpc) is 2.75. The van der Waals surface area contributed by atoms with Crippen molar-refractivity contribution in [1.82, 2.24) is 0 Å². The topological polar surface area (TPSA) is 46.5 Å². The molecule has 0 aliphatic heterocycles. The summed E-state index contributed by atoms with van der Waals surface area (Å²) in [5, 5.41) is 9.28. The average molecular weight is 386 g/mol. The molecule has 0 radical (unpaired) electrons. The van der Waals surface area contributed by atoms with Gasteiger partial charge in [0, 0.05) is 6.08 Å². The van der Waals surface area contributed by atoms with Crippen molar-refractivity contribution in [2.45, 2.75) is 32.6 Å². The number of hydrogen-bond acceptors (Lipinski definition) is 3. The molecule has 3 aromatic rings. The van der Waals surface area contributed by atoms with E-state index >= 15 is 0 Å².